The molecule has 0 bridgehead atoms. The van der Waals surface area contributed by atoms with Crippen LogP contribution in [-0.2, 0) is 9.59 Å². The standard InChI is InChI=1S/C19H17BrClN3O2/c1-12(19(26)22-16-8-6-15(21)7-9-16)24-18(25)11-10-17(23-24)13-2-4-14(20)5-3-13/h2-9,12H,10-11H2,1H3,(H,22,26). The number of hydrogen-bond donors (Lipinski definition) is 1. The number of hydrazone groups is 1. The first-order valence-electron chi connectivity index (χ1n) is 8.16. The summed E-state index contributed by atoms with van der Waals surface area (Å²) in [4.78, 5) is 24.8. The smallest absolute Gasteiger partial charge is 0.249 e. The molecular weight excluding hydrogens is 418 g/mol. The van der Waals surface area contributed by atoms with Gasteiger partial charge in [-0.25, -0.2) is 5.01 Å². The second-order valence-corrected chi connectivity index (χ2v) is 7.32. The Morgan fingerprint density at radius 3 is 2.46 bits per heavy atom. The van der Waals surface area contributed by atoms with Crippen molar-refractivity contribution in [2.24, 2.45) is 5.10 Å². The van der Waals surface area contributed by atoms with Gasteiger partial charge in [-0.1, -0.05) is 39.7 Å². The van der Waals surface area contributed by atoms with E-state index in [1.165, 1.54) is 5.01 Å². The Morgan fingerprint density at radius 1 is 1.15 bits per heavy atom. The van der Waals surface area contributed by atoms with E-state index >= 15 is 0 Å². The van der Waals surface area contributed by atoms with Crippen LogP contribution >= 0.6 is 27.5 Å². The highest BCUT2D eigenvalue weighted by Crippen LogP contribution is 2.20. The zero-order valence-corrected chi connectivity index (χ0v) is 16.4. The van der Waals surface area contributed by atoms with E-state index in [-0.39, 0.29) is 11.8 Å². The second kappa shape index (κ2) is 8.01. The molecule has 1 heterocycles. The molecule has 3 rings (SSSR count). The number of amides is 2. The average Bonchev–Trinajstić information content (AvgIpc) is 2.64. The fourth-order valence-corrected chi connectivity index (χ4v) is 3.00. The van der Waals surface area contributed by atoms with Gasteiger partial charge in [0, 0.05) is 28.0 Å². The Balaban J connectivity index is 1.77. The molecule has 2 amide bonds. The molecule has 0 aromatic heterocycles. The molecule has 1 aliphatic heterocycles. The number of nitrogens with zero attached hydrogens (tertiary/aromatic N) is 2. The lowest BCUT2D eigenvalue weighted by atomic mass is 10.0. The third-order valence-electron chi connectivity index (χ3n) is 4.10. The number of hydrogen-bond acceptors (Lipinski definition) is 3. The highest BCUT2D eigenvalue weighted by Gasteiger charge is 2.29. The van der Waals surface area contributed by atoms with Crippen LogP contribution in [0.4, 0.5) is 5.69 Å². The van der Waals surface area contributed by atoms with Gasteiger partial charge in [-0.15, -0.1) is 0 Å². The van der Waals surface area contributed by atoms with E-state index in [1.54, 1.807) is 31.2 Å². The van der Waals surface area contributed by atoms with Gasteiger partial charge < -0.3 is 5.32 Å². The summed E-state index contributed by atoms with van der Waals surface area (Å²) in [5.74, 6) is -0.467. The normalized spacial score (nSPS) is 15.4. The second-order valence-electron chi connectivity index (χ2n) is 5.96. The fraction of sp³-hybridized carbons (Fsp3) is 0.211. The molecule has 0 fully saturated rings. The van der Waals surface area contributed by atoms with Gasteiger partial charge in [0.15, 0.2) is 0 Å². The van der Waals surface area contributed by atoms with E-state index in [4.69, 9.17) is 11.6 Å². The predicted molar refractivity (Wildman–Crippen MR) is 106 cm³/mol. The van der Waals surface area contributed by atoms with Gasteiger partial charge in [0.25, 0.3) is 0 Å². The molecule has 0 aliphatic carbocycles. The Hall–Kier alpha value is -2.18. The van der Waals surface area contributed by atoms with E-state index in [1.807, 2.05) is 24.3 Å². The van der Waals surface area contributed by atoms with Crippen LogP contribution in [0.2, 0.25) is 5.02 Å². The molecule has 7 heteroatoms. The van der Waals surface area contributed by atoms with Gasteiger partial charge in [0.2, 0.25) is 11.8 Å². The van der Waals surface area contributed by atoms with Crippen LogP contribution < -0.4 is 5.32 Å². The van der Waals surface area contributed by atoms with Crippen LogP contribution in [0.5, 0.6) is 0 Å². The van der Waals surface area contributed by atoms with E-state index in [0.717, 1.165) is 15.7 Å². The lowest BCUT2D eigenvalue weighted by molar-refractivity contribution is -0.138. The highest BCUT2D eigenvalue weighted by molar-refractivity contribution is 9.10. The molecule has 2 aromatic rings. The maximum absolute atomic E-state index is 12.5. The van der Waals surface area contributed by atoms with E-state index in [2.05, 4.69) is 26.3 Å². The van der Waals surface area contributed by atoms with E-state index in [0.29, 0.717) is 23.6 Å². The van der Waals surface area contributed by atoms with Gasteiger partial charge in [-0.3, -0.25) is 9.59 Å². The summed E-state index contributed by atoms with van der Waals surface area (Å²) >= 11 is 9.25. The molecule has 134 valence electrons. The quantitative estimate of drug-likeness (QED) is 0.772. The summed E-state index contributed by atoms with van der Waals surface area (Å²) < 4.78 is 0.973. The van der Waals surface area contributed by atoms with Crippen LogP contribution in [0.25, 0.3) is 0 Å². The van der Waals surface area contributed by atoms with Crippen LogP contribution in [0.3, 0.4) is 0 Å². The average molecular weight is 435 g/mol. The van der Waals surface area contributed by atoms with Crippen LogP contribution in [0, 0.1) is 0 Å². The molecule has 0 saturated carbocycles. The molecular formula is C19H17BrClN3O2. The molecule has 26 heavy (non-hydrogen) atoms. The van der Waals surface area contributed by atoms with Gasteiger partial charge in [0.05, 0.1) is 5.71 Å². The zero-order valence-electron chi connectivity index (χ0n) is 14.1. The number of rotatable bonds is 4. The van der Waals surface area contributed by atoms with E-state index in [9.17, 15) is 9.59 Å². The summed E-state index contributed by atoms with van der Waals surface area (Å²) in [6.45, 7) is 1.66. The Bertz CT molecular complexity index is 850. The van der Waals surface area contributed by atoms with Gasteiger partial charge in [-0.2, -0.15) is 5.10 Å². The number of anilines is 1. The van der Waals surface area contributed by atoms with Crippen molar-refractivity contribution >= 4 is 50.7 Å². The summed E-state index contributed by atoms with van der Waals surface area (Å²) in [5.41, 5.74) is 2.35. The van der Waals surface area contributed by atoms with Crippen molar-refractivity contribution in [2.45, 2.75) is 25.8 Å². The molecule has 0 radical (unpaired) electrons. The monoisotopic (exact) mass is 433 g/mol. The van der Waals surface area contributed by atoms with Crippen molar-refractivity contribution in [3.8, 4) is 0 Å². The first kappa shape index (κ1) is 18.6. The maximum atomic E-state index is 12.5. The molecule has 1 N–H and O–H groups in total. The van der Waals surface area contributed by atoms with Crippen LogP contribution in [-0.4, -0.2) is 28.6 Å². The summed E-state index contributed by atoms with van der Waals surface area (Å²) in [5, 5.41) is 9.08. The van der Waals surface area contributed by atoms with Crippen LogP contribution in [0.1, 0.15) is 25.3 Å². The number of halogens is 2. The molecule has 1 unspecified atom stereocenters. The number of nitrogens with one attached hydrogen (secondary N) is 1. The molecule has 0 saturated heterocycles. The van der Waals surface area contributed by atoms with Gasteiger partial charge in [-0.05, 0) is 48.9 Å². The SMILES string of the molecule is CC(C(=O)Nc1ccc(Cl)cc1)N1N=C(c2ccc(Br)cc2)CCC1=O. The Kier molecular flexibility index (Phi) is 5.74. The van der Waals surface area contributed by atoms with Crippen molar-refractivity contribution in [1.82, 2.24) is 5.01 Å². The summed E-state index contributed by atoms with van der Waals surface area (Å²) in [6, 6.07) is 13.8. The number of carbonyl (C=O) groups excluding carboxylic acids is 2. The van der Waals surface area contributed by atoms with Gasteiger partial charge >= 0.3 is 0 Å². The minimum atomic E-state index is -0.719. The minimum absolute atomic E-state index is 0.162. The molecule has 1 atom stereocenters. The number of carbonyl (C=O) groups is 2. The minimum Gasteiger partial charge on any atom is -0.324 e. The lowest BCUT2D eigenvalue weighted by Gasteiger charge is -2.28. The highest BCUT2D eigenvalue weighted by atomic mass is 79.9. The molecule has 0 spiro atoms. The largest absolute Gasteiger partial charge is 0.324 e. The zero-order chi connectivity index (χ0) is 18.7. The van der Waals surface area contributed by atoms with Gasteiger partial charge in [0.1, 0.15) is 6.04 Å². The number of benzene rings is 2. The third kappa shape index (κ3) is 4.31. The van der Waals surface area contributed by atoms with Crippen molar-refractivity contribution in [3.63, 3.8) is 0 Å². The Labute approximate surface area is 165 Å². The lowest BCUT2D eigenvalue weighted by Crippen LogP contribution is -2.44. The topological polar surface area (TPSA) is 61.8 Å². The van der Waals surface area contributed by atoms with Crippen molar-refractivity contribution in [2.75, 3.05) is 5.32 Å². The summed E-state index contributed by atoms with van der Waals surface area (Å²) in [6.07, 6.45) is 0.885. The first-order chi connectivity index (χ1) is 12.4. The van der Waals surface area contributed by atoms with E-state index < -0.39 is 6.04 Å². The van der Waals surface area contributed by atoms with Crippen molar-refractivity contribution in [1.29, 1.82) is 0 Å². The van der Waals surface area contributed by atoms with Crippen molar-refractivity contribution < 1.29 is 9.59 Å². The van der Waals surface area contributed by atoms with Crippen molar-refractivity contribution in [3.05, 3.63) is 63.6 Å². The molecule has 5 nitrogen and oxygen atoms in total. The fourth-order valence-electron chi connectivity index (χ4n) is 2.61. The maximum Gasteiger partial charge on any atom is 0.249 e. The summed E-state index contributed by atoms with van der Waals surface area (Å²) in [7, 11) is 0. The predicted octanol–water partition coefficient (Wildman–Crippen LogP) is 4.46. The molecule has 1 aliphatic rings. The Morgan fingerprint density at radius 2 is 1.81 bits per heavy atom. The molecule has 2 aromatic carbocycles. The first-order valence-corrected chi connectivity index (χ1v) is 9.33. The van der Waals surface area contributed by atoms with Crippen LogP contribution in [0.15, 0.2) is 58.1 Å². The third-order valence-corrected chi connectivity index (χ3v) is 4.88.